The molecule has 0 spiro atoms. The highest BCUT2D eigenvalue weighted by Crippen LogP contribution is 2.28. The van der Waals surface area contributed by atoms with Gasteiger partial charge in [-0.15, -0.1) is 0 Å². The van der Waals surface area contributed by atoms with Gasteiger partial charge in [0.05, 0.1) is 12.0 Å². The fourth-order valence-electron chi connectivity index (χ4n) is 3.30. The number of sulfonamides is 1. The van der Waals surface area contributed by atoms with Crippen LogP contribution in [0.15, 0.2) is 65.6 Å². The van der Waals surface area contributed by atoms with Crippen molar-refractivity contribution in [3.8, 4) is 11.5 Å². The quantitative estimate of drug-likeness (QED) is 0.394. The van der Waals surface area contributed by atoms with E-state index >= 15 is 0 Å². The fourth-order valence-corrected chi connectivity index (χ4v) is 4.38. The highest BCUT2D eigenvalue weighted by Gasteiger charge is 2.19. The first kappa shape index (κ1) is 25.6. The van der Waals surface area contributed by atoms with Crippen LogP contribution in [0.25, 0.3) is 0 Å². The molecule has 0 atom stereocenters. The number of ether oxygens (including phenoxy) is 2. The van der Waals surface area contributed by atoms with E-state index < -0.39 is 21.8 Å². The van der Waals surface area contributed by atoms with Crippen LogP contribution in [0.3, 0.4) is 0 Å². The van der Waals surface area contributed by atoms with Crippen LogP contribution in [0.1, 0.15) is 27.0 Å². The Labute approximate surface area is 204 Å². The number of primary amides is 1. The highest BCUT2D eigenvalue weighted by molar-refractivity contribution is 7.92. The third-order valence-corrected chi connectivity index (χ3v) is 6.46. The molecule has 0 saturated carbocycles. The van der Waals surface area contributed by atoms with Gasteiger partial charge in [0.25, 0.3) is 21.8 Å². The number of carbonyl (C=O) groups is 2. The van der Waals surface area contributed by atoms with Crippen LogP contribution in [0.4, 0.5) is 5.69 Å². The van der Waals surface area contributed by atoms with E-state index in [1.54, 1.807) is 49.4 Å². The molecule has 0 aliphatic rings. The Bertz CT molecular complexity index is 1360. The second-order valence-electron chi connectivity index (χ2n) is 7.87. The van der Waals surface area contributed by atoms with Crippen molar-refractivity contribution >= 4 is 27.5 Å². The number of nitrogens with one attached hydrogen (secondary N) is 2. The number of anilines is 1. The fraction of sp³-hybridized carbons (Fsp3) is 0.200. The van der Waals surface area contributed by atoms with Crippen molar-refractivity contribution < 1.29 is 27.5 Å². The minimum atomic E-state index is -3.89. The van der Waals surface area contributed by atoms with Crippen LogP contribution in [0.5, 0.6) is 11.5 Å². The molecule has 0 radical (unpaired) electrons. The Morgan fingerprint density at radius 1 is 0.971 bits per heavy atom. The van der Waals surface area contributed by atoms with Crippen molar-refractivity contribution in [1.82, 2.24) is 5.32 Å². The molecule has 3 aromatic rings. The monoisotopic (exact) mass is 497 g/mol. The molecular weight excluding hydrogens is 470 g/mol. The average Bonchev–Trinajstić information content (AvgIpc) is 2.81. The summed E-state index contributed by atoms with van der Waals surface area (Å²) < 4.78 is 38.9. The second-order valence-corrected chi connectivity index (χ2v) is 9.56. The Morgan fingerprint density at radius 2 is 1.74 bits per heavy atom. The molecule has 35 heavy (non-hydrogen) atoms. The normalized spacial score (nSPS) is 10.9. The smallest absolute Gasteiger partial charge is 0.261 e. The highest BCUT2D eigenvalue weighted by atomic mass is 32.2. The van der Waals surface area contributed by atoms with Crippen LogP contribution in [0.2, 0.25) is 0 Å². The molecule has 3 rings (SSSR count). The minimum Gasteiger partial charge on any atom is -0.493 e. The number of amides is 2. The lowest BCUT2D eigenvalue weighted by Crippen LogP contribution is -2.24. The first-order valence-corrected chi connectivity index (χ1v) is 12.1. The van der Waals surface area contributed by atoms with E-state index in [9.17, 15) is 18.0 Å². The largest absolute Gasteiger partial charge is 0.493 e. The van der Waals surface area contributed by atoms with Crippen LogP contribution >= 0.6 is 0 Å². The van der Waals surface area contributed by atoms with Crippen LogP contribution in [-0.4, -0.2) is 33.9 Å². The zero-order valence-electron chi connectivity index (χ0n) is 19.6. The van der Waals surface area contributed by atoms with Gasteiger partial charge >= 0.3 is 0 Å². The molecule has 9 nitrogen and oxygen atoms in total. The molecule has 3 aromatic carbocycles. The summed E-state index contributed by atoms with van der Waals surface area (Å²) in [6.07, 6.45) is 0. The predicted octanol–water partition coefficient (Wildman–Crippen LogP) is 2.91. The van der Waals surface area contributed by atoms with Gasteiger partial charge in [0.15, 0.2) is 18.1 Å². The molecule has 184 valence electrons. The number of rotatable bonds is 10. The van der Waals surface area contributed by atoms with Crippen molar-refractivity contribution in [3.63, 3.8) is 0 Å². The zero-order valence-corrected chi connectivity index (χ0v) is 20.4. The maximum Gasteiger partial charge on any atom is 0.261 e. The van der Waals surface area contributed by atoms with E-state index in [0.717, 1.165) is 5.56 Å². The van der Waals surface area contributed by atoms with E-state index in [1.165, 1.54) is 19.2 Å². The van der Waals surface area contributed by atoms with Gasteiger partial charge in [-0.25, -0.2) is 8.42 Å². The number of nitrogens with two attached hydrogens (primary N) is 1. The number of aryl methyl sites for hydroxylation is 2. The predicted molar refractivity (Wildman–Crippen MR) is 132 cm³/mol. The molecule has 0 aliphatic heterocycles. The summed E-state index contributed by atoms with van der Waals surface area (Å²) in [5.41, 5.74) is 8.03. The van der Waals surface area contributed by atoms with Gasteiger partial charge in [-0.1, -0.05) is 24.3 Å². The van der Waals surface area contributed by atoms with E-state index in [-0.39, 0.29) is 23.6 Å². The SMILES string of the molecule is COc1cc(CNC(=O)c2cc(S(=O)(=O)Nc3cccc(C)c3)ccc2C)ccc1OCC(N)=O. The van der Waals surface area contributed by atoms with Crippen molar-refractivity contribution in [2.45, 2.75) is 25.3 Å². The van der Waals surface area contributed by atoms with E-state index in [2.05, 4.69) is 10.0 Å². The molecule has 0 aromatic heterocycles. The molecule has 2 amide bonds. The van der Waals surface area contributed by atoms with Crippen LogP contribution in [-0.2, 0) is 21.4 Å². The van der Waals surface area contributed by atoms with E-state index in [0.29, 0.717) is 28.3 Å². The van der Waals surface area contributed by atoms with Crippen molar-refractivity contribution in [2.24, 2.45) is 5.73 Å². The van der Waals surface area contributed by atoms with Gasteiger partial charge in [-0.3, -0.25) is 14.3 Å². The van der Waals surface area contributed by atoms with E-state index in [4.69, 9.17) is 15.2 Å². The summed E-state index contributed by atoms with van der Waals surface area (Å²) >= 11 is 0. The molecule has 4 N–H and O–H groups in total. The van der Waals surface area contributed by atoms with Gasteiger partial charge in [-0.05, 0) is 66.9 Å². The van der Waals surface area contributed by atoms with E-state index in [1.807, 2.05) is 13.0 Å². The lowest BCUT2D eigenvalue weighted by Gasteiger charge is -2.13. The van der Waals surface area contributed by atoms with Crippen LogP contribution in [0, 0.1) is 13.8 Å². The molecule has 0 unspecified atom stereocenters. The molecule has 0 bridgehead atoms. The maximum absolute atomic E-state index is 12.9. The molecule has 0 heterocycles. The first-order chi connectivity index (χ1) is 16.6. The third-order valence-electron chi connectivity index (χ3n) is 5.09. The van der Waals surface area contributed by atoms with Crippen molar-refractivity contribution in [1.29, 1.82) is 0 Å². The summed E-state index contributed by atoms with van der Waals surface area (Å²) in [6.45, 7) is 3.46. The summed E-state index contributed by atoms with van der Waals surface area (Å²) in [4.78, 5) is 23.8. The summed E-state index contributed by atoms with van der Waals surface area (Å²) in [5.74, 6) is -0.319. The number of hydrogen-bond acceptors (Lipinski definition) is 6. The molecular formula is C25H27N3O6S. The molecule has 0 fully saturated rings. The summed E-state index contributed by atoms with van der Waals surface area (Å²) in [6, 6.07) is 16.4. The number of benzene rings is 3. The van der Waals surface area contributed by atoms with Gasteiger partial charge in [0, 0.05) is 17.8 Å². The second kappa shape index (κ2) is 10.9. The standard InChI is InChI=1S/C25H27N3O6S/c1-16-5-4-6-19(11-16)28-35(31,32)20-9-7-17(2)21(13-20)25(30)27-14-18-8-10-22(23(12-18)33-3)34-15-24(26)29/h4-13,28H,14-15H2,1-3H3,(H2,26,29)(H,27,30). The maximum atomic E-state index is 12.9. The number of hydrogen-bond donors (Lipinski definition) is 3. The third kappa shape index (κ3) is 6.73. The van der Waals surface area contributed by atoms with Crippen molar-refractivity contribution in [2.75, 3.05) is 18.4 Å². The van der Waals surface area contributed by atoms with Gasteiger partial charge in [0.2, 0.25) is 0 Å². The zero-order chi connectivity index (χ0) is 25.6. The molecule has 0 saturated heterocycles. The number of methoxy groups -OCH3 is 1. The van der Waals surface area contributed by atoms with Crippen LogP contribution < -0.4 is 25.2 Å². The minimum absolute atomic E-state index is 0.0209. The Kier molecular flexibility index (Phi) is 7.98. The lowest BCUT2D eigenvalue weighted by molar-refractivity contribution is -0.119. The molecule has 10 heteroatoms. The number of carbonyl (C=O) groups excluding carboxylic acids is 2. The summed E-state index contributed by atoms with van der Waals surface area (Å²) in [7, 11) is -2.44. The Hall–Kier alpha value is -4.05. The topological polar surface area (TPSA) is 137 Å². The van der Waals surface area contributed by atoms with Gasteiger partial charge < -0.3 is 20.5 Å². The average molecular weight is 498 g/mol. The Morgan fingerprint density at radius 3 is 2.43 bits per heavy atom. The van der Waals surface area contributed by atoms with Gasteiger partial charge in [0.1, 0.15) is 0 Å². The Balaban J connectivity index is 1.74. The lowest BCUT2D eigenvalue weighted by atomic mass is 10.1. The molecule has 0 aliphatic carbocycles. The summed E-state index contributed by atoms with van der Waals surface area (Å²) in [5, 5.41) is 2.79. The van der Waals surface area contributed by atoms with Crippen molar-refractivity contribution in [3.05, 3.63) is 82.9 Å². The first-order valence-electron chi connectivity index (χ1n) is 10.7. The van der Waals surface area contributed by atoms with Gasteiger partial charge in [-0.2, -0.15) is 0 Å².